The molecule has 0 radical (unpaired) electrons. The zero-order chi connectivity index (χ0) is 27.5. The Kier molecular flexibility index (Phi) is 11.2. The van der Waals surface area contributed by atoms with Gasteiger partial charge in [-0.2, -0.15) is 0 Å². The second kappa shape index (κ2) is 14.5. The third kappa shape index (κ3) is 7.09. The van der Waals surface area contributed by atoms with Gasteiger partial charge in [0.25, 0.3) is 0 Å². The number of carbonyl (C=O) groups is 1. The van der Waals surface area contributed by atoms with E-state index in [1.165, 1.54) is 51.2 Å². The molecule has 4 fully saturated rings. The van der Waals surface area contributed by atoms with Crippen LogP contribution in [-0.4, -0.2) is 12.1 Å². The average molecular weight is 645 g/mol. The molecule has 0 heterocycles. The van der Waals surface area contributed by atoms with Gasteiger partial charge in [-0.15, -0.1) is 39.7 Å². The summed E-state index contributed by atoms with van der Waals surface area (Å²) in [6.07, 6.45) is 6.65. The average Bonchev–Trinajstić information content (AvgIpc) is 3.37. The molecule has 0 unspecified atom stereocenters. The topological polar surface area (TPSA) is 40.9 Å². The van der Waals surface area contributed by atoms with Crippen molar-refractivity contribution in [2.24, 2.45) is 23.2 Å². The van der Waals surface area contributed by atoms with Crippen molar-refractivity contribution < 1.29 is 48.8 Å². The van der Waals surface area contributed by atoms with Crippen molar-refractivity contribution >= 4 is 44.0 Å². The first-order chi connectivity index (χ1) is 19.5. The van der Waals surface area contributed by atoms with Crippen molar-refractivity contribution in [2.75, 3.05) is 0 Å². The van der Waals surface area contributed by atoms with Gasteiger partial charge in [0, 0.05) is 5.41 Å². The van der Waals surface area contributed by atoms with Crippen molar-refractivity contribution in [3.05, 3.63) is 121 Å². The molecular weight excluding hydrogens is 609 g/mol. The van der Waals surface area contributed by atoms with E-state index in [1.807, 2.05) is 0 Å². The van der Waals surface area contributed by atoms with E-state index in [0.29, 0.717) is 0 Å². The SMILES string of the molecule is [Cl-].[Cl-].[NH-]C(=O)C12CC3CC(CC(C3)C1)C2.[Ti+2]=[Si](c1ccccc1)c1ccccc1.c1ccc2c(c1)[cH-]c1ccccc12. The van der Waals surface area contributed by atoms with Crippen LogP contribution in [0.15, 0.2) is 115 Å². The second-order valence-electron chi connectivity index (χ2n) is 12.0. The fourth-order valence-electron chi connectivity index (χ4n) is 7.67. The molecule has 0 aliphatic heterocycles. The van der Waals surface area contributed by atoms with Crippen molar-refractivity contribution in [3.8, 4) is 0 Å². The molecular formula is C36H35Cl2NOSiTi-2. The van der Waals surface area contributed by atoms with E-state index in [1.54, 1.807) is 0 Å². The van der Waals surface area contributed by atoms with Crippen molar-refractivity contribution in [1.82, 2.24) is 0 Å². The first-order valence-corrected chi connectivity index (χ1v) is 18.3. The molecule has 5 aromatic carbocycles. The van der Waals surface area contributed by atoms with Crippen LogP contribution in [0.1, 0.15) is 38.5 Å². The fraction of sp³-hybridized carbons (Fsp3) is 0.278. The Labute approximate surface area is 273 Å². The number of hydrogen-bond acceptors (Lipinski definition) is 1. The normalized spacial score (nSPS) is 23.0. The molecule has 5 aromatic rings. The number of rotatable bonds is 3. The van der Waals surface area contributed by atoms with E-state index in [-0.39, 0.29) is 36.1 Å². The van der Waals surface area contributed by atoms with Gasteiger partial charge in [0.15, 0.2) is 0 Å². The zero-order valence-electron chi connectivity index (χ0n) is 23.6. The van der Waals surface area contributed by atoms with Gasteiger partial charge in [-0.25, -0.2) is 0 Å². The van der Waals surface area contributed by atoms with E-state index in [2.05, 4.69) is 134 Å². The Morgan fingerprint density at radius 2 is 1.00 bits per heavy atom. The molecule has 0 aromatic heterocycles. The number of amides is 1. The summed E-state index contributed by atoms with van der Waals surface area (Å²) in [4.78, 5) is 11.4. The third-order valence-corrected chi connectivity index (χ3v) is 13.7. The first kappa shape index (κ1) is 32.6. The Hall–Kier alpha value is -2.27. The number of fused-ring (bicyclic) bond motifs is 3. The molecule has 6 heteroatoms. The van der Waals surface area contributed by atoms with Gasteiger partial charge < -0.3 is 35.3 Å². The fourth-order valence-corrected chi connectivity index (χ4v) is 10.6. The maximum atomic E-state index is 11.4. The van der Waals surface area contributed by atoms with E-state index in [4.69, 9.17) is 5.73 Å². The molecule has 4 saturated carbocycles. The Balaban J connectivity index is 0.000000141. The van der Waals surface area contributed by atoms with Crippen molar-refractivity contribution in [1.29, 1.82) is 0 Å². The first-order valence-electron chi connectivity index (χ1n) is 14.5. The molecule has 214 valence electrons. The standard InChI is InChI=1S/C13H9.C12H10Si.C11H17NO.2ClH.Ti/c1-3-7-12-10(5-1)9-11-6-2-4-8-13(11)12;1-3-7-11(8-4-1)13-12-9-5-2-6-10-12;12-10(13)11-4-7-1-8(5-11)3-9(2-7)6-11;;;/h1-9H;1-10H;7-9H,1-6H2,(H2,12,13);2*1H;/q-1;;;;;+2/p-3. The summed E-state index contributed by atoms with van der Waals surface area (Å²) in [5.74, 6) is 2.12. The van der Waals surface area contributed by atoms with Gasteiger partial charge in [-0.3, -0.25) is 0 Å². The summed E-state index contributed by atoms with van der Waals surface area (Å²) in [6, 6.07) is 40.8. The summed E-state index contributed by atoms with van der Waals surface area (Å²) in [5, 5.41) is 8.34. The predicted octanol–water partition coefficient (Wildman–Crippen LogP) is 1.84. The van der Waals surface area contributed by atoms with E-state index < -0.39 is 6.19 Å². The van der Waals surface area contributed by atoms with Crippen LogP contribution in [-0.2, 0) is 24.0 Å². The van der Waals surface area contributed by atoms with Gasteiger partial charge in [0.05, 0.1) is 5.91 Å². The molecule has 4 aliphatic carbocycles. The maximum Gasteiger partial charge on any atom is -0.0771 e. The van der Waals surface area contributed by atoms with E-state index in [0.717, 1.165) is 37.0 Å². The van der Waals surface area contributed by atoms with E-state index >= 15 is 0 Å². The largest absolute Gasteiger partial charge is 0.126 e. The van der Waals surface area contributed by atoms with Gasteiger partial charge in [0.2, 0.25) is 0 Å². The third-order valence-electron chi connectivity index (χ3n) is 9.17. The van der Waals surface area contributed by atoms with Crippen LogP contribution in [0.25, 0.3) is 27.3 Å². The molecule has 0 saturated heterocycles. The molecule has 0 atom stereocenters. The molecule has 2 nitrogen and oxygen atoms in total. The Morgan fingerprint density at radius 3 is 1.38 bits per heavy atom. The van der Waals surface area contributed by atoms with Crippen LogP contribution >= 0.6 is 0 Å². The monoisotopic (exact) mass is 643 g/mol. The minimum absolute atomic E-state index is 0. The molecule has 9 rings (SSSR count). The number of hydrogen-bond donors (Lipinski definition) is 0. The zero-order valence-corrected chi connectivity index (χ0v) is 27.7. The van der Waals surface area contributed by atoms with Gasteiger partial charge in [0.1, 0.15) is 0 Å². The molecule has 1 N–H and O–H groups in total. The maximum absolute atomic E-state index is 11.4. The van der Waals surface area contributed by atoms with E-state index in [9.17, 15) is 4.79 Å². The smallest absolute Gasteiger partial charge is 0.0771 e. The van der Waals surface area contributed by atoms with Crippen molar-refractivity contribution in [3.63, 3.8) is 0 Å². The molecule has 4 aliphatic rings. The minimum atomic E-state index is -0.545. The van der Waals surface area contributed by atoms with Crippen LogP contribution in [0.4, 0.5) is 0 Å². The summed E-state index contributed by atoms with van der Waals surface area (Å²) < 4.78 is 0. The van der Waals surface area contributed by atoms with Crippen LogP contribution in [0.3, 0.4) is 0 Å². The Bertz CT molecular complexity index is 1510. The summed E-state index contributed by atoms with van der Waals surface area (Å²) in [6.45, 7) is 0. The number of halogens is 2. The van der Waals surface area contributed by atoms with Gasteiger partial charge in [-0.05, 0) is 56.3 Å². The molecule has 0 spiro atoms. The summed E-state index contributed by atoms with van der Waals surface area (Å²) in [5.41, 5.74) is 7.24. The molecule has 1 amide bonds. The Morgan fingerprint density at radius 1 is 0.643 bits per heavy atom. The summed E-state index contributed by atoms with van der Waals surface area (Å²) >= 11 is 2.34. The van der Waals surface area contributed by atoms with Gasteiger partial charge in [-0.1, -0.05) is 36.4 Å². The quantitative estimate of drug-likeness (QED) is 0.219. The molecule has 4 bridgehead atoms. The number of carbonyl (C=O) groups excluding carboxylic acids is 1. The number of benzene rings is 4. The van der Waals surface area contributed by atoms with Crippen LogP contribution in [0.5, 0.6) is 0 Å². The van der Waals surface area contributed by atoms with Gasteiger partial charge >= 0.3 is 96.4 Å². The molecule has 42 heavy (non-hydrogen) atoms. The van der Waals surface area contributed by atoms with Crippen LogP contribution in [0.2, 0.25) is 0 Å². The minimum Gasteiger partial charge on any atom is -0.126 e. The number of nitrogens with one attached hydrogen (secondary N) is 1. The van der Waals surface area contributed by atoms with Crippen LogP contribution in [0, 0.1) is 23.2 Å². The summed E-state index contributed by atoms with van der Waals surface area (Å²) in [7, 11) is 0. The second-order valence-corrected chi connectivity index (χ2v) is 16.2. The van der Waals surface area contributed by atoms with Crippen molar-refractivity contribution in [2.45, 2.75) is 38.5 Å². The predicted molar refractivity (Wildman–Crippen MR) is 165 cm³/mol. The van der Waals surface area contributed by atoms with Crippen LogP contribution < -0.4 is 35.2 Å².